The molecule has 7 heteroatoms. The largest absolute Gasteiger partial charge is 0.325 e. The van der Waals surface area contributed by atoms with Crippen LogP contribution in [0.15, 0.2) is 57.9 Å². The molecule has 1 aliphatic heterocycles. The van der Waals surface area contributed by atoms with Crippen LogP contribution in [0.1, 0.15) is 11.1 Å². The molecule has 2 aromatic carbocycles. The maximum atomic E-state index is 12.5. The SMILES string of the molecule is Cc1ccc(NC(=O)CN2C(=O)SC(=Cc3ccccc3Br)C2=O)cc1. The zero-order chi connectivity index (χ0) is 18.7. The fourth-order valence-electron chi connectivity index (χ4n) is 2.35. The molecule has 0 radical (unpaired) electrons. The summed E-state index contributed by atoms with van der Waals surface area (Å²) in [7, 11) is 0. The van der Waals surface area contributed by atoms with Crippen molar-refractivity contribution in [3.63, 3.8) is 0 Å². The molecule has 0 atom stereocenters. The molecule has 0 bridgehead atoms. The van der Waals surface area contributed by atoms with E-state index in [0.29, 0.717) is 10.6 Å². The fourth-order valence-corrected chi connectivity index (χ4v) is 3.58. The van der Waals surface area contributed by atoms with Gasteiger partial charge in [0.25, 0.3) is 11.1 Å². The van der Waals surface area contributed by atoms with Crippen molar-refractivity contribution in [1.29, 1.82) is 0 Å². The Morgan fingerprint density at radius 3 is 2.54 bits per heavy atom. The third-order valence-electron chi connectivity index (χ3n) is 3.70. The second kappa shape index (κ2) is 7.88. The molecule has 3 rings (SSSR count). The van der Waals surface area contributed by atoms with Gasteiger partial charge in [-0.15, -0.1) is 0 Å². The number of halogens is 1. The highest BCUT2D eigenvalue weighted by Gasteiger charge is 2.36. The number of rotatable bonds is 4. The molecule has 0 unspecified atom stereocenters. The van der Waals surface area contributed by atoms with Crippen LogP contribution in [-0.2, 0) is 9.59 Å². The maximum absolute atomic E-state index is 12.5. The number of aryl methyl sites for hydroxylation is 1. The Morgan fingerprint density at radius 1 is 1.15 bits per heavy atom. The number of carbonyl (C=O) groups is 3. The molecule has 1 N–H and O–H groups in total. The molecule has 132 valence electrons. The lowest BCUT2D eigenvalue weighted by Gasteiger charge is -2.12. The van der Waals surface area contributed by atoms with Crippen LogP contribution in [0, 0.1) is 6.92 Å². The Kier molecular flexibility index (Phi) is 5.58. The molecule has 1 saturated heterocycles. The number of anilines is 1. The average Bonchev–Trinajstić information content (AvgIpc) is 2.86. The summed E-state index contributed by atoms with van der Waals surface area (Å²) in [5.41, 5.74) is 2.49. The predicted molar refractivity (Wildman–Crippen MR) is 107 cm³/mol. The highest BCUT2D eigenvalue weighted by atomic mass is 79.9. The predicted octanol–water partition coefficient (Wildman–Crippen LogP) is 4.43. The number of nitrogens with zero attached hydrogens (tertiary/aromatic N) is 1. The van der Waals surface area contributed by atoms with E-state index in [0.717, 1.165) is 32.3 Å². The van der Waals surface area contributed by atoms with Crippen LogP contribution in [0.5, 0.6) is 0 Å². The lowest BCUT2D eigenvalue weighted by Crippen LogP contribution is -2.36. The summed E-state index contributed by atoms with van der Waals surface area (Å²) in [5.74, 6) is -0.881. The van der Waals surface area contributed by atoms with Gasteiger partial charge >= 0.3 is 0 Å². The van der Waals surface area contributed by atoms with E-state index in [9.17, 15) is 14.4 Å². The van der Waals surface area contributed by atoms with Crippen LogP contribution in [0.4, 0.5) is 10.5 Å². The Labute approximate surface area is 163 Å². The number of hydrogen-bond donors (Lipinski definition) is 1. The molecule has 0 aliphatic carbocycles. The number of benzene rings is 2. The van der Waals surface area contributed by atoms with E-state index < -0.39 is 17.1 Å². The normalized spacial score (nSPS) is 15.6. The summed E-state index contributed by atoms with van der Waals surface area (Å²) in [6, 6.07) is 14.7. The van der Waals surface area contributed by atoms with Crippen molar-refractivity contribution in [2.75, 3.05) is 11.9 Å². The molecule has 1 fully saturated rings. The van der Waals surface area contributed by atoms with Gasteiger partial charge in [-0.3, -0.25) is 19.3 Å². The van der Waals surface area contributed by atoms with Gasteiger partial charge in [0.15, 0.2) is 0 Å². The smallest absolute Gasteiger partial charge is 0.294 e. The van der Waals surface area contributed by atoms with Gasteiger partial charge in [-0.05, 0) is 48.5 Å². The average molecular weight is 431 g/mol. The maximum Gasteiger partial charge on any atom is 0.294 e. The Bertz CT molecular complexity index is 909. The van der Waals surface area contributed by atoms with E-state index in [2.05, 4.69) is 21.2 Å². The van der Waals surface area contributed by atoms with Crippen LogP contribution in [0.2, 0.25) is 0 Å². The minimum atomic E-state index is -0.463. The van der Waals surface area contributed by atoms with Gasteiger partial charge in [0.1, 0.15) is 6.54 Å². The zero-order valence-corrected chi connectivity index (χ0v) is 16.3. The Morgan fingerprint density at radius 2 is 1.85 bits per heavy atom. The first-order chi connectivity index (χ1) is 12.4. The van der Waals surface area contributed by atoms with Crippen LogP contribution in [0.25, 0.3) is 6.08 Å². The van der Waals surface area contributed by atoms with Gasteiger partial charge in [0.05, 0.1) is 4.91 Å². The van der Waals surface area contributed by atoms with Crippen molar-refractivity contribution in [1.82, 2.24) is 4.90 Å². The topological polar surface area (TPSA) is 66.5 Å². The molecule has 3 amide bonds. The molecular weight excluding hydrogens is 416 g/mol. The summed E-state index contributed by atoms with van der Waals surface area (Å²) in [4.78, 5) is 38.0. The van der Waals surface area contributed by atoms with E-state index in [1.54, 1.807) is 18.2 Å². The summed E-state index contributed by atoms with van der Waals surface area (Å²) in [6.07, 6.45) is 1.65. The lowest BCUT2D eigenvalue weighted by molar-refractivity contribution is -0.127. The van der Waals surface area contributed by atoms with E-state index in [1.807, 2.05) is 43.3 Å². The highest BCUT2D eigenvalue weighted by molar-refractivity contribution is 9.10. The fraction of sp³-hybridized carbons (Fsp3) is 0.105. The molecule has 2 aromatic rings. The van der Waals surface area contributed by atoms with Gasteiger partial charge < -0.3 is 5.32 Å². The first-order valence-corrected chi connectivity index (χ1v) is 9.41. The Balaban J connectivity index is 1.70. The molecule has 0 saturated carbocycles. The van der Waals surface area contributed by atoms with Crippen molar-refractivity contribution in [2.45, 2.75) is 6.92 Å². The van der Waals surface area contributed by atoms with E-state index in [-0.39, 0.29) is 6.54 Å². The lowest BCUT2D eigenvalue weighted by atomic mass is 10.2. The number of hydrogen-bond acceptors (Lipinski definition) is 4. The summed E-state index contributed by atoms with van der Waals surface area (Å²) >= 11 is 4.24. The first-order valence-electron chi connectivity index (χ1n) is 7.80. The molecular formula is C19H15BrN2O3S. The summed E-state index contributed by atoms with van der Waals surface area (Å²) in [5, 5.41) is 2.24. The van der Waals surface area contributed by atoms with Crippen molar-refractivity contribution < 1.29 is 14.4 Å². The molecule has 1 heterocycles. The highest BCUT2D eigenvalue weighted by Crippen LogP contribution is 2.33. The summed E-state index contributed by atoms with van der Waals surface area (Å²) in [6.45, 7) is 1.63. The van der Waals surface area contributed by atoms with Crippen LogP contribution >= 0.6 is 27.7 Å². The van der Waals surface area contributed by atoms with Crippen LogP contribution < -0.4 is 5.32 Å². The van der Waals surface area contributed by atoms with Gasteiger partial charge in [0.2, 0.25) is 5.91 Å². The van der Waals surface area contributed by atoms with Gasteiger partial charge in [-0.1, -0.05) is 51.8 Å². The minimum absolute atomic E-state index is 0.296. The standard InChI is InChI=1S/C19H15BrN2O3S/c1-12-6-8-14(9-7-12)21-17(23)11-22-18(24)16(26-19(22)25)10-13-4-2-3-5-15(13)20/h2-10H,11H2,1H3,(H,21,23). The van der Waals surface area contributed by atoms with E-state index in [4.69, 9.17) is 0 Å². The number of carbonyl (C=O) groups excluding carboxylic acids is 3. The monoisotopic (exact) mass is 430 g/mol. The quantitative estimate of drug-likeness (QED) is 0.728. The number of imide groups is 1. The Hall–Kier alpha value is -2.38. The zero-order valence-electron chi connectivity index (χ0n) is 13.9. The number of amides is 3. The number of nitrogens with one attached hydrogen (secondary N) is 1. The van der Waals surface area contributed by atoms with Gasteiger partial charge in [-0.25, -0.2) is 0 Å². The van der Waals surface area contributed by atoms with Gasteiger partial charge in [0, 0.05) is 10.2 Å². The molecule has 26 heavy (non-hydrogen) atoms. The molecule has 5 nitrogen and oxygen atoms in total. The molecule has 1 aliphatic rings. The molecule has 0 aromatic heterocycles. The second-order valence-electron chi connectivity index (χ2n) is 5.70. The number of thioether (sulfide) groups is 1. The summed E-state index contributed by atoms with van der Waals surface area (Å²) < 4.78 is 0.823. The third kappa shape index (κ3) is 4.23. The first kappa shape index (κ1) is 18.4. The second-order valence-corrected chi connectivity index (χ2v) is 7.55. The van der Waals surface area contributed by atoms with Crippen molar-refractivity contribution in [3.8, 4) is 0 Å². The van der Waals surface area contributed by atoms with Gasteiger partial charge in [-0.2, -0.15) is 0 Å². The van der Waals surface area contributed by atoms with Crippen molar-refractivity contribution in [3.05, 3.63) is 69.0 Å². The van der Waals surface area contributed by atoms with E-state index in [1.165, 1.54) is 0 Å². The van der Waals surface area contributed by atoms with E-state index >= 15 is 0 Å². The molecule has 0 spiro atoms. The third-order valence-corrected chi connectivity index (χ3v) is 5.33. The van der Waals surface area contributed by atoms with Crippen LogP contribution in [0.3, 0.4) is 0 Å². The van der Waals surface area contributed by atoms with Crippen molar-refractivity contribution >= 4 is 56.5 Å². The van der Waals surface area contributed by atoms with Crippen LogP contribution in [-0.4, -0.2) is 28.5 Å². The van der Waals surface area contributed by atoms with Crippen molar-refractivity contribution in [2.24, 2.45) is 0 Å². The minimum Gasteiger partial charge on any atom is -0.325 e.